The largest absolute Gasteiger partial charge is 0.494 e. The number of piperazine rings is 1. The van der Waals surface area contributed by atoms with E-state index in [4.69, 9.17) is 10.5 Å². The van der Waals surface area contributed by atoms with E-state index in [0.29, 0.717) is 31.9 Å². The van der Waals surface area contributed by atoms with Crippen molar-refractivity contribution >= 4 is 11.6 Å². The highest BCUT2D eigenvalue weighted by Crippen LogP contribution is 2.29. The van der Waals surface area contributed by atoms with Crippen LogP contribution in [-0.4, -0.2) is 50.1 Å². The molecule has 1 saturated heterocycles. The molecule has 0 saturated carbocycles. The van der Waals surface area contributed by atoms with Crippen molar-refractivity contribution in [3.8, 4) is 5.75 Å². The number of nitrogens with two attached hydrogens (primary N) is 1. The van der Waals surface area contributed by atoms with Crippen molar-refractivity contribution < 1.29 is 13.9 Å². The van der Waals surface area contributed by atoms with Crippen molar-refractivity contribution in [3.05, 3.63) is 24.0 Å². The number of carbonyl (C=O) groups excluding carboxylic acids is 1. The standard InChI is InChI=1S/C14H20FN3O2/c1-10(16)14(19)18-7-5-17(6-8-18)12-4-3-11(15)9-13(12)20-2/h3-4,9-10H,5-8,16H2,1-2H3/t10-/m0/s1. The fourth-order valence-electron chi connectivity index (χ4n) is 2.37. The Kier molecular flexibility index (Phi) is 4.44. The molecule has 1 fully saturated rings. The monoisotopic (exact) mass is 281 g/mol. The van der Waals surface area contributed by atoms with Crippen LogP contribution in [0.3, 0.4) is 0 Å². The molecule has 20 heavy (non-hydrogen) atoms. The molecule has 6 heteroatoms. The summed E-state index contributed by atoms with van der Waals surface area (Å²) in [4.78, 5) is 15.7. The van der Waals surface area contributed by atoms with E-state index in [1.54, 1.807) is 17.9 Å². The highest BCUT2D eigenvalue weighted by Gasteiger charge is 2.24. The van der Waals surface area contributed by atoms with E-state index < -0.39 is 6.04 Å². The zero-order valence-corrected chi connectivity index (χ0v) is 11.8. The Morgan fingerprint density at radius 2 is 2.00 bits per heavy atom. The topological polar surface area (TPSA) is 58.8 Å². The first-order chi connectivity index (χ1) is 9.52. The number of methoxy groups -OCH3 is 1. The molecule has 110 valence electrons. The summed E-state index contributed by atoms with van der Waals surface area (Å²) in [6, 6.07) is 4.02. The van der Waals surface area contributed by atoms with Crippen LogP contribution in [0.2, 0.25) is 0 Å². The van der Waals surface area contributed by atoms with Crippen LogP contribution in [0.15, 0.2) is 18.2 Å². The minimum Gasteiger partial charge on any atom is -0.494 e. The first kappa shape index (κ1) is 14.6. The molecule has 1 aliphatic rings. The van der Waals surface area contributed by atoms with Crippen LogP contribution in [0.1, 0.15) is 6.92 Å². The van der Waals surface area contributed by atoms with Gasteiger partial charge in [0.15, 0.2) is 0 Å². The summed E-state index contributed by atoms with van der Waals surface area (Å²) >= 11 is 0. The number of ether oxygens (including phenoxy) is 1. The van der Waals surface area contributed by atoms with E-state index in [2.05, 4.69) is 4.90 Å². The Morgan fingerprint density at radius 1 is 1.35 bits per heavy atom. The lowest BCUT2D eigenvalue weighted by atomic mass is 10.2. The quantitative estimate of drug-likeness (QED) is 0.891. The van der Waals surface area contributed by atoms with Crippen LogP contribution in [0.5, 0.6) is 5.75 Å². The molecule has 2 rings (SSSR count). The van der Waals surface area contributed by atoms with Gasteiger partial charge in [-0.15, -0.1) is 0 Å². The summed E-state index contributed by atoms with van der Waals surface area (Å²) in [7, 11) is 1.52. The Bertz CT molecular complexity index is 485. The van der Waals surface area contributed by atoms with E-state index >= 15 is 0 Å². The Hall–Kier alpha value is -1.82. The lowest BCUT2D eigenvalue weighted by Gasteiger charge is -2.37. The van der Waals surface area contributed by atoms with Crippen LogP contribution >= 0.6 is 0 Å². The molecule has 1 atom stereocenters. The molecule has 1 aliphatic heterocycles. The lowest BCUT2D eigenvalue weighted by molar-refractivity contribution is -0.132. The number of carbonyl (C=O) groups is 1. The first-order valence-corrected chi connectivity index (χ1v) is 6.65. The lowest BCUT2D eigenvalue weighted by Crippen LogP contribution is -2.52. The van der Waals surface area contributed by atoms with Crippen LogP contribution in [0.25, 0.3) is 0 Å². The van der Waals surface area contributed by atoms with Gasteiger partial charge in [0.05, 0.1) is 18.8 Å². The van der Waals surface area contributed by atoms with E-state index in [1.165, 1.54) is 19.2 Å². The molecule has 5 nitrogen and oxygen atoms in total. The molecule has 1 heterocycles. The second-order valence-corrected chi connectivity index (χ2v) is 4.92. The van der Waals surface area contributed by atoms with Gasteiger partial charge >= 0.3 is 0 Å². The number of amides is 1. The molecule has 1 amide bonds. The summed E-state index contributed by atoms with van der Waals surface area (Å²) in [6.07, 6.45) is 0. The summed E-state index contributed by atoms with van der Waals surface area (Å²) in [5, 5.41) is 0. The average Bonchev–Trinajstić information content (AvgIpc) is 2.46. The highest BCUT2D eigenvalue weighted by molar-refractivity contribution is 5.81. The van der Waals surface area contributed by atoms with Gasteiger partial charge in [-0.3, -0.25) is 4.79 Å². The number of benzene rings is 1. The van der Waals surface area contributed by atoms with Gasteiger partial charge in [-0.1, -0.05) is 0 Å². The Labute approximate surface area is 118 Å². The van der Waals surface area contributed by atoms with E-state index in [0.717, 1.165) is 5.69 Å². The highest BCUT2D eigenvalue weighted by atomic mass is 19.1. The molecule has 0 aliphatic carbocycles. The van der Waals surface area contributed by atoms with Gasteiger partial charge in [-0.05, 0) is 19.1 Å². The summed E-state index contributed by atoms with van der Waals surface area (Å²) in [6.45, 7) is 4.28. The smallest absolute Gasteiger partial charge is 0.239 e. The van der Waals surface area contributed by atoms with Crippen LogP contribution in [0, 0.1) is 5.82 Å². The third-order valence-electron chi connectivity index (χ3n) is 3.46. The van der Waals surface area contributed by atoms with Crippen molar-refractivity contribution in [2.24, 2.45) is 5.73 Å². The minimum atomic E-state index is -0.470. The first-order valence-electron chi connectivity index (χ1n) is 6.65. The van der Waals surface area contributed by atoms with Crippen LogP contribution < -0.4 is 15.4 Å². The second kappa shape index (κ2) is 6.09. The molecule has 1 aromatic rings. The molecular formula is C14H20FN3O2. The third-order valence-corrected chi connectivity index (χ3v) is 3.46. The summed E-state index contributed by atoms with van der Waals surface area (Å²) < 4.78 is 18.4. The van der Waals surface area contributed by atoms with Crippen LogP contribution in [0.4, 0.5) is 10.1 Å². The zero-order chi connectivity index (χ0) is 14.7. The SMILES string of the molecule is COc1cc(F)ccc1N1CCN(C(=O)[C@H](C)N)CC1. The van der Waals surface area contributed by atoms with Crippen LogP contribution in [-0.2, 0) is 4.79 Å². The zero-order valence-electron chi connectivity index (χ0n) is 11.8. The molecular weight excluding hydrogens is 261 g/mol. The maximum absolute atomic E-state index is 13.2. The second-order valence-electron chi connectivity index (χ2n) is 4.92. The van der Waals surface area contributed by atoms with Gasteiger partial charge in [0.1, 0.15) is 11.6 Å². The van der Waals surface area contributed by atoms with Crippen molar-refractivity contribution in [2.45, 2.75) is 13.0 Å². The molecule has 0 unspecified atom stereocenters. The van der Waals surface area contributed by atoms with Gasteiger partial charge in [-0.25, -0.2) is 4.39 Å². The molecule has 2 N–H and O–H groups in total. The van der Waals surface area contributed by atoms with Crippen molar-refractivity contribution in [1.29, 1.82) is 0 Å². The fourth-order valence-corrected chi connectivity index (χ4v) is 2.37. The molecule has 0 spiro atoms. The van der Waals surface area contributed by atoms with E-state index in [1.807, 2.05) is 0 Å². The van der Waals surface area contributed by atoms with Crippen molar-refractivity contribution in [1.82, 2.24) is 4.90 Å². The average molecular weight is 281 g/mol. The van der Waals surface area contributed by atoms with Gasteiger partial charge in [-0.2, -0.15) is 0 Å². The number of halogens is 1. The third kappa shape index (κ3) is 3.01. The summed E-state index contributed by atoms with van der Waals surface area (Å²) in [5.41, 5.74) is 6.46. The maximum atomic E-state index is 13.2. The van der Waals surface area contributed by atoms with Gasteiger partial charge < -0.3 is 20.3 Å². The maximum Gasteiger partial charge on any atom is 0.239 e. The van der Waals surface area contributed by atoms with Gasteiger partial charge in [0, 0.05) is 32.2 Å². The van der Waals surface area contributed by atoms with Crippen molar-refractivity contribution in [2.75, 3.05) is 38.2 Å². The molecule has 1 aromatic carbocycles. The molecule has 0 radical (unpaired) electrons. The Balaban J connectivity index is 2.06. The normalized spacial score (nSPS) is 17.0. The number of anilines is 1. The summed E-state index contributed by atoms with van der Waals surface area (Å²) in [5.74, 6) is 0.157. The molecule has 0 bridgehead atoms. The number of hydrogen-bond donors (Lipinski definition) is 1. The van der Waals surface area contributed by atoms with Gasteiger partial charge in [0.2, 0.25) is 5.91 Å². The Morgan fingerprint density at radius 3 is 2.55 bits per heavy atom. The number of nitrogens with zero attached hydrogens (tertiary/aromatic N) is 2. The van der Waals surface area contributed by atoms with E-state index in [9.17, 15) is 9.18 Å². The number of hydrogen-bond acceptors (Lipinski definition) is 4. The predicted molar refractivity (Wildman–Crippen MR) is 75.4 cm³/mol. The fraction of sp³-hybridized carbons (Fsp3) is 0.500. The van der Waals surface area contributed by atoms with Crippen molar-refractivity contribution in [3.63, 3.8) is 0 Å². The van der Waals surface area contributed by atoms with E-state index in [-0.39, 0.29) is 11.7 Å². The minimum absolute atomic E-state index is 0.0317. The number of rotatable bonds is 3. The molecule has 0 aromatic heterocycles. The predicted octanol–water partition coefficient (Wildman–Crippen LogP) is 0.830. The van der Waals surface area contributed by atoms with Gasteiger partial charge in [0.25, 0.3) is 0 Å².